The predicted molar refractivity (Wildman–Crippen MR) is 227 cm³/mol. The lowest BCUT2D eigenvalue weighted by atomic mass is 10.0. The second-order valence-corrected chi connectivity index (χ2v) is 18.1. The average molecular weight is 779 g/mol. The monoisotopic (exact) mass is 778 g/mol. The van der Waals surface area contributed by atoms with E-state index in [1.54, 1.807) is 0 Å². The number of hydrogen-bond donors (Lipinski definition) is 0. The third-order valence-electron chi connectivity index (χ3n) is 11.5. The highest BCUT2D eigenvalue weighted by Crippen LogP contribution is 2.19. The van der Waals surface area contributed by atoms with Crippen LogP contribution in [-0.4, -0.2) is 50.2 Å². The summed E-state index contributed by atoms with van der Waals surface area (Å²) in [6, 6.07) is 9.66. The molecule has 302 valence electrons. The Morgan fingerprint density at radius 3 is 0.667 bits per heavy atom. The van der Waals surface area contributed by atoms with Crippen LogP contribution >= 0.6 is 0 Å². The summed E-state index contributed by atoms with van der Waals surface area (Å²) in [4.78, 5) is 0. The van der Waals surface area contributed by atoms with Gasteiger partial charge in [-0.3, -0.25) is 0 Å². The molecule has 1 aromatic carbocycles. The quantitative estimate of drug-likeness (QED) is 0.0463. The van der Waals surface area contributed by atoms with Crippen LogP contribution in [0.25, 0.3) is 0 Å². The minimum Gasteiger partial charge on any atom is -1.00 e. The highest BCUT2D eigenvalue weighted by atomic mass is 79.9. The summed E-state index contributed by atoms with van der Waals surface area (Å²) < 4.78 is 2.22. The maximum atomic E-state index is 2.43. The van der Waals surface area contributed by atoms with Crippen molar-refractivity contribution in [3.63, 3.8) is 0 Å². The van der Waals surface area contributed by atoms with Crippen LogP contribution in [-0.2, 0) is 13.1 Å². The molecule has 1 aromatic rings. The van der Waals surface area contributed by atoms with Crippen LogP contribution in [0.15, 0.2) is 24.3 Å². The molecule has 0 bridgehead atoms. The molecule has 51 heavy (non-hydrogen) atoms. The number of halogens is 1. The van der Waals surface area contributed by atoms with Crippen molar-refractivity contribution in [2.24, 2.45) is 0 Å². The molecule has 0 atom stereocenters. The lowest BCUT2D eigenvalue weighted by Crippen LogP contribution is -3.00. The summed E-state index contributed by atoms with van der Waals surface area (Å²) in [5.74, 6) is 0. The molecule has 0 heterocycles. The molecule has 2 nitrogen and oxygen atoms in total. The molecule has 0 spiro atoms. The summed E-state index contributed by atoms with van der Waals surface area (Å²) in [7, 11) is 9.71. The number of quaternary nitrogens is 2. The molecule has 0 N–H and O–H groups in total. The van der Waals surface area contributed by atoms with Crippen LogP contribution in [0, 0.1) is 0 Å². The molecule has 0 unspecified atom stereocenters. The van der Waals surface area contributed by atoms with Crippen molar-refractivity contribution < 1.29 is 25.9 Å². The maximum Gasteiger partial charge on any atom is 0.104 e. The van der Waals surface area contributed by atoms with Gasteiger partial charge in [0.25, 0.3) is 0 Å². The van der Waals surface area contributed by atoms with E-state index in [-0.39, 0.29) is 17.0 Å². The van der Waals surface area contributed by atoms with E-state index in [1.165, 1.54) is 230 Å². The lowest BCUT2D eigenvalue weighted by Gasteiger charge is -2.31. The van der Waals surface area contributed by atoms with Gasteiger partial charge in [-0.1, -0.05) is 218 Å². The van der Waals surface area contributed by atoms with Crippen LogP contribution in [0.2, 0.25) is 0 Å². The topological polar surface area (TPSA) is 0 Å². The van der Waals surface area contributed by atoms with Gasteiger partial charge in [-0.25, -0.2) is 0 Å². The highest BCUT2D eigenvalue weighted by molar-refractivity contribution is 5.21. The highest BCUT2D eigenvalue weighted by Gasteiger charge is 2.18. The number of hydrogen-bond acceptors (Lipinski definition) is 0. The van der Waals surface area contributed by atoms with E-state index in [1.807, 2.05) is 0 Å². The zero-order chi connectivity index (χ0) is 36.4. The summed E-state index contributed by atoms with van der Waals surface area (Å²) in [5.41, 5.74) is 3.00. The van der Waals surface area contributed by atoms with Gasteiger partial charge in [0.2, 0.25) is 0 Å². The van der Waals surface area contributed by atoms with E-state index >= 15 is 0 Å². The standard InChI is InChI=1S/C48H94N2.BrH/c1-7-9-11-13-15-17-19-21-23-25-27-29-31-33-35-37-43-49(3,4)45-47-39-41-48(42-40-47)46-50(5,6)44-38-36-34-32-30-28-26-24-22-20-18-16-14-12-10-8-2;/h39-42H,7-38,43-46H2,1-6H3;1H/q+2;/p-1. The maximum absolute atomic E-state index is 2.43. The summed E-state index contributed by atoms with van der Waals surface area (Å²) in [6.45, 7) is 9.51. The minimum atomic E-state index is 0. The molecule has 0 aliphatic heterocycles. The fourth-order valence-corrected chi connectivity index (χ4v) is 8.07. The van der Waals surface area contributed by atoms with Gasteiger partial charge >= 0.3 is 0 Å². The predicted octanol–water partition coefficient (Wildman–Crippen LogP) is 12.4. The molecule has 0 aliphatic carbocycles. The zero-order valence-corrected chi connectivity index (χ0v) is 37.6. The van der Waals surface area contributed by atoms with Crippen molar-refractivity contribution in [2.45, 2.75) is 232 Å². The van der Waals surface area contributed by atoms with E-state index in [0.717, 1.165) is 22.1 Å². The van der Waals surface area contributed by atoms with Crippen molar-refractivity contribution >= 4 is 0 Å². The molecule has 1 rings (SSSR count). The Morgan fingerprint density at radius 1 is 0.294 bits per heavy atom. The van der Waals surface area contributed by atoms with E-state index < -0.39 is 0 Å². The largest absolute Gasteiger partial charge is 1.00 e. The Balaban J connectivity index is 0.0000250. The molecule has 0 amide bonds. The van der Waals surface area contributed by atoms with E-state index in [0.29, 0.717) is 0 Å². The molecular formula is C48H94BrN2+. The second kappa shape index (κ2) is 35.3. The van der Waals surface area contributed by atoms with Gasteiger partial charge in [0, 0.05) is 11.1 Å². The van der Waals surface area contributed by atoms with Gasteiger partial charge in [-0.15, -0.1) is 0 Å². The van der Waals surface area contributed by atoms with Gasteiger partial charge in [-0.2, -0.15) is 0 Å². The Bertz CT molecular complexity index is 763. The van der Waals surface area contributed by atoms with Crippen LogP contribution in [0.4, 0.5) is 0 Å². The van der Waals surface area contributed by atoms with Crippen LogP contribution < -0.4 is 17.0 Å². The Morgan fingerprint density at radius 2 is 0.471 bits per heavy atom. The number of unbranched alkanes of at least 4 members (excludes halogenated alkanes) is 30. The summed E-state index contributed by atoms with van der Waals surface area (Å²) in [6.07, 6.45) is 46.2. The van der Waals surface area contributed by atoms with Gasteiger partial charge in [0.1, 0.15) is 13.1 Å². The first kappa shape index (κ1) is 50.6. The number of nitrogens with zero attached hydrogens (tertiary/aromatic N) is 2. The van der Waals surface area contributed by atoms with Crippen LogP contribution in [0.3, 0.4) is 0 Å². The lowest BCUT2D eigenvalue weighted by molar-refractivity contribution is -0.904. The van der Waals surface area contributed by atoms with E-state index in [2.05, 4.69) is 66.3 Å². The Kier molecular flexibility index (Phi) is 35.1. The smallest absolute Gasteiger partial charge is 0.104 e. The van der Waals surface area contributed by atoms with Crippen molar-refractivity contribution in [1.82, 2.24) is 0 Å². The van der Waals surface area contributed by atoms with Gasteiger partial charge in [0.05, 0.1) is 41.3 Å². The Labute approximate surface area is 333 Å². The third kappa shape index (κ3) is 33.9. The summed E-state index contributed by atoms with van der Waals surface area (Å²) in [5, 5.41) is 0. The SMILES string of the molecule is CCCCCCCCCCCCCCCCCC[N+](C)(C)Cc1ccc(C[N+](C)(C)CCCCCCCCCCCCCCCCCC)cc1.[Br-]. The van der Waals surface area contributed by atoms with Crippen molar-refractivity contribution in [3.05, 3.63) is 35.4 Å². The average Bonchev–Trinajstić information content (AvgIpc) is 3.08. The fraction of sp³-hybridized carbons (Fsp3) is 0.875. The van der Waals surface area contributed by atoms with Crippen molar-refractivity contribution in [1.29, 1.82) is 0 Å². The second-order valence-electron chi connectivity index (χ2n) is 18.1. The first-order valence-corrected chi connectivity index (χ1v) is 23.0. The Hall–Kier alpha value is -0.380. The first-order chi connectivity index (χ1) is 24.3. The molecule has 0 aromatic heterocycles. The molecule has 3 heteroatoms. The van der Waals surface area contributed by atoms with E-state index in [4.69, 9.17) is 0 Å². The van der Waals surface area contributed by atoms with Crippen LogP contribution in [0.5, 0.6) is 0 Å². The fourth-order valence-electron chi connectivity index (χ4n) is 8.07. The van der Waals surface area contributed by atoms with Crippen molar-refractivity contribution in [2.75, 3.05) is 41.3 Å². The third-order valence-corrected chi connectivity index (χ3v) is 11.5. The van der Waals surface area contributed by atoms with Crippen LogP contribution in [0.1, 0.15) is 230 Å². The molecule has 0 saturated carbocycles. The zero-order valence-electron chi connectivity index (χ0n) is 36.0. The molecule has 0 fully saturated rings. The molecule has 0 saturated heterocycles. The van der Waals surface area contributed by atoms with Gasteiger partial charge < -0.3 is 25.9 Å². The molecule has 0 radical (unpaired) electrons. The molecule has 0 aliphatic rings. The van der Waals surface area contributed by atoms with Gasteiger partial charge in [0.15, 0.2) is 0 Å². The van der Waals surface area contributed by atoms with E-state index in [9.17, 15) is 0 Å². The summed E-state index contributed by atoms with van der Waals surface area (Å²) >= 11 is 0. The number of rotatable bonds is 38. The normalized spacial score (nSPS) is 12.0. The number of benzene rings is 1. The first-order valence-electron chi connectivity index (χ1n) is 23.0. The van der Waals surface area contributed by atoms with Crippen molar-refractivity contribution in [3.8, 4) is 0 Å². The molecular weight excluding hydrogens is 684 g/mol. The minimum absolute atomic E-state index is 0. The van der Waals surface area contributed by atoms with Gasteiger partial charge in [-0.05, 0) is 25.7 Å².